The number of rotatable bonds is 4. The summed E-state index contributed by atoms with van der Waals surface area (Å²) in [5, 5.41) is 0. The highest BCUT2D eigenvalue weighted by Crippen LogP contribution is 2.48. The minimum absolute atomic E-state index is 0.0243. The van der Waals surface area contributed by atoms with Crippen molar-refractivity contribution in [2.24, 2.45) is 5.41 Å². The van der Waals surface area contributed by atoms with Crippen molar-refractivity contribution in [2.45, 2.75) is 105 Å². The van der Waals surface area contributed by atoms with Gasteiger partial charge in [-0.15, -0.1) is 0 Å². The van der Waals surface area contributed by atoms with Crippen LogP contribution in [-0.2, 0) is 5.41 Å². The molecule has 1 unspecified atom stereocenters. The molecule has 3 heteroatoms. The molecule has 0 saturated heterocycles. The highest BCUT2D eigenvalue weighted by molar-refractivity contribution is 6.70. The van der Waals surface area contributed by atoms with Gasteiger partial charge in [0.05, 0.1) is 0 Å². The second kappa shape index (κ2) is 6.58. The Hall–Kier alpha value is -0.963. The molecule has 2 nitrogen and oxygen atoms in total. The van der Waals surface area contributed by atoms with Gasteiger partial charge in [0.15, 0.2) is 0 Å². The van der Waals surface area contributed by atoms with E-state index in [0.29, 0.717) is 5.92 Å². The smallest absolute Gasteiger partial charge is 0.242 e. The molecular formula is C23H40O2Si. The van der Waals surface area contributed by atoms with E-state index in [2.05, 4.69) is 87.2 Å². The zero-order valence-electron chi connectivity index (χ0n) is 19.0. The average molecular weight is 377 g/mol. The second-order valence-corrected chi connectivity index (χ2v) is 16.1. The summed E-state index contributed by atoms with van der Waals surface area (Å²) in [6.07, 6.45) is 2.14. The lowest BCUT2D eigenvalue weighted by Gasteiger charge is -2.40. The van der Waals surface area contributed by atoms with Crippen molar-refractivity contribution in [1.29, 1.82) is 0 Å². The number of ether oxygens (including phenoxy) is 1. The maximum absolute atomic E-state index is 6.58. The maximum atomic E-state index is 6.58. The summed E-state index contributed by atoms with van der Waals surface area (Å²) < 4.78 is 13.0. The van der Waals surface area contributed by atoms with Gasteiger partial charge in [-0.2, -0.15) is 0 Å². The minimum Gasteiger partial charge on any atom is -0.544 e. The topological polar surface area (TPSA) is 18.5 Å². The van der Waals surface area contributed by atoms with Crippen LogP contribution < -0.4 is 9.16 Å². The molecule has 1 heterocycles. The standard InChI is InChI=1S/C23H40O2Si/c1-16-14-23(7,8)24-19-13-18(22(5,6)15-21(2,3)4)20(12-17(16)19)25-26(9,10)11/h12-13,16H,14-15H2,1-11H3. The molecule has 0 N–H and O–H groups in total. The quantitative estimate of drug-likeness (QED) is 0.514. The molecule has 1 aliphatic heterocycles. The highest BCUT2D eigenvalue weighted by atomic mass is 28.4. The second-order valence-electron chi connectivity index (χ2n) is 11.7. The fraction of sp³-hybridized carbons (Fsp3) is 0.739. The summed E-state index contributed by atoms with van der Waals surface area (Å²) in [6.45, 7) is 25.1. The van der Waals surface area contributed by atoms with E-state index < -0.39 is 8.32 Å². The Morgan fingerprint density at radius 3 is 2.19 bits per heavy atom. The van der Waals surface area contributed by atoms with Gasteiger partial charge >= 0.3 is 0 Å². The highest BCUT2D eigenvalue weighted by Gasteiger charge is 2.36. The average Bonchev–Trinajstić information content (AvgIpc) is 2.33. The molecule has 0 bridgehead atoms. The molecule has 148 valence electrons. The van der Waals surface area contributed by atoms with Crippen molar-refractivity contribution < 1.29 is 9.16 Å². The van der Waals surface area contributed by atoms with Crippen molar-refractivity contribution in [1.82, 2.24) is 0 Å². The predicted molar refractivity (Wildman–Crippen MR) is 115 cm³/mol. The van der Waals surface area contributed by atoms with Crippen LogP contribution in [0.5, 0.6) is 11.5 Å². The normalized spacial score (nSPS) is 20.3. The summed E-state index contributed by atoms with van der Waals surface area (Å²) in [4.78, 5) is 0. The first-order chi connectivity index (χ1) is 11.5. The fourth-order valence-electron chi connectivity index (χ4n) is 4.60. The van der Waals surface area contributed by atoms with Gasteiger partial charge in [-0.3, -0.25) is 0 Å². The van der Waals surface area contributed by atoms with Crippen LogP contribution in [0, 0.1) is 5.41 Å². The molecule has 0 saturated carbocycles. The lowest BCUT2D eigenvalue weighted by molar-refractivity contribution is 0.0741. The maximum Gasteiger partial charge on any atom is 0.242 e. The van der Waals surface area contributed by atoms with E-state index in [9.17, 15) is 0 Å². The molecule has 26 heavy (non-hydrogen) atoms. The Balaban J connectivity index is 2.61. The Morgan fingerprint density at radius 1 is 1.12 bits per heavy atom. The van der Waals surface area contributed by atoms with Crippen molar-refractivity contribution in [2.75, 3.05) is 0 Å². The third-order valence-corrected chi connectivity index (χ3v) is 5.78. The molecule has 1 atom stereocenters. The molecule has 0 amide bonds. The Morgan fingerprint density at radius 2 is 1.69 bits per heavy atom. The van der Waals surface area contributed by atoms with E-state index in [1.165, 1.54) is 11.1 Å². The molecule has 1 aromatic carbocycles. The first kappa shape index (κ1) is 21.3. The van der Waals surface area contributed by atoms with Crippen LogP contribution >= 0.6 is 0 Å². The van der Waals surface area contributed by atoms with E-state index in [1.807, 2.05) is 0 Å². The summed E-state index contributed by atoms with van der Waals surface area (Å²) in [5.41, 5.74) is 2.75. The van der Waals surface area contributed by atoms with Crippen LogP contribution in [0.3, 0.4) is 0 Å². The molecule has 0 spiro atoms. The van der Waals surface area contributed by atoms with Gasteiger partial charge in [0, 0.05) is 11.1 Å². The van der Waals surface area contributed by atoms with Gasteiger partial charge in [0.2, 0.25) is 8.32 Å². The lowest BCUT2D eigenvalue weighted by atomic mass is 9.71. The van der Waals surface area contributed by atoms with Gasteiger partial charge in [0.25, 0.3) is 0 Å². The Bertz CT molecular complexity index is 660. The summed E-state index contributed by atoms with van der Waals surface area (Å²) >= 11 is 0. The van der Waals surface area contributed by atoms with Gasteiger partial charge < -0.3 is 9.16 Å². The third kappa shape index (κ3) is 5.28. The Kier molecular flexibility index (Phi) is 5.40. The van der Waals surface area contributed by atoms with Crippen LogP contribution in [0.15, 0.2) is 12.1 Å². The SMILES string of the molecule is CC1CC(C)(C)Oc2cc(C(C)(C)CC(C)(C)C)c(O[Si](C)(C)C)cc21. The van der Waals surface area contributed by atoms with Crippen LogP contribution in [0.25, 0.3) is 0 Å². The molecule has 0 aliphatic carbocycles. The number of hydrogen-bond acceptors (Lipinski definition) is 2. The minimum atomic E-state index is -1.70. The largest absolute Gasteiger partial charge is 0.544 e. The molecule has 0 radical (unpaired) electrons. The molecule has 1 aliphatic rings. The van der Waals surface area contributed by atoms with Crippen LogP contribution in [0.1, 0.15) is 85.3 Å². The van der Waals surface area contributed by atoms with E-state index >= 15 is 0 Å². The summed E-state index contributed by atoms with van der Waals surface area (Å²) in [6, 6.07) is 4.57. The number of hydrogen-bond donors (Lipinski definition) is 0. The number of benzene rings is 1. The van der Waals surface area contributed by atoms with Gasteiger partial charge in [-0.05, 0) is 75.2 Å². The summed E-state index contributed by atoms with van der Waals surface area (Å²) in [7, 11) is -1.70. The first-order valence-corrected chi connectivity index (χ1v) is 13.5. The van der Waals surface area contributed by atoms with Crippen LogP contribution in [-0.4, -0.2) is 13.9 Å². The van der Waals surface area contributed by atoms with E-state index in [4.69, 9.17) is 9.16 Å². The van der Waals surface area contributed by atoms with Crippen molar-refractivity contribution in [3.05, 3.63) is 23.3 Å². The van der Waals surface area contributed by atoms with E-state index in [1.54, 1.807) is 0 Å². The molecular weight excluding hydrogens is 336 g/mol. The zero-order chi connectivity index (χ0) is 20.1. The van der Waals surface area contributed by atoms with Gasteiger partial charge in [0.1, 0.15) is 17.1 Å². The first-order valence-electron chi connectivity index (χ1n) is 10.1. The zero-order valence-corrected chi connectivity index (χ0v) is 20.0. The number of fused-ring (bicyclic) bond motifs is 1. The molecule has 0 aromatic heterocycles. The predicted octanol–water partition coefficient (Wildman–Crippen LogP) is 7.28. The summed E-state index contributed by atoms with van der Waals surface area (Å²) in [5.74, 6) is 2.61. The van der Waals surface area contributed by atoms with Crippen LogP contribution in [0.2, 0.25) is 19.6 Å². The van der Waals surface area contributed by atoms with Gasteiger partial charge in [-0.1, -0.05) is 41.5 Å². The lowest BCUT2D eigenvalue weighted by Crippen LogP contribution is -2.36. The van der Waals surface area contributed by atoms with Crippen molar-refractivity contribution in [3.8, 4) is 11.5 Å². The Labute approximate surface area is 162 Å². The van der Waals surface area contributed by atoms with Gasteiger partial charge in [-0.25, -0.2) is 0 Å². The molecule has 1 aromatic rings. The van der Waals surface area contributed by atoms with Crippen molar-refractivity contribution >= 4 is 8.32 Å². The van der Waals surface area contributed by atoms with Crippen molar-refractivity contribution in [3.63, 3.8) is 0 Å². The van der Waals surface area contributed by atoms with Crippen LogP contribution in [0.4, 0.5) is 0 Å². The van der Waals surface area contributed by atoms with E-state index in [0.717, 1.165) is 24.3 Å². The molecule has 2 rings (SSSR count). The monoisotopic (exact) mass is 376 g/mol. The molecule has 0 fully saturated rings. The third-order valence-electron chi connectivity index (χ3n) is 4.94. The van der Waals surface area contributed by atoms with E-state index in [-0.39, 0.29) is 16.4 Å². The fourth-order valence-corrected chi connectivity index (χ4v) is 5.43.